The van der Waals surface area contributed by atoms with Crippen molar-refractivity contribution in [2.75, 3.05) is 19.6 Å². The largest absolute Gasteiger partial charge is 0.480 e. The van der Waals surface area contributed by atoms with E-state index in [2.05, 4.69) is 16.0 Å². The van der Waals surface area contributed by atoms with Crippen molar-refractivity contribution in [2.45, 2.75) is 102 Å². The average molecular weight is 516 g/mol. The van der Waals surface area contributed by atoms with Crippen LogP contribution < -0.4 is 38.9 Å². The first-order valence-corrected chi connectivity index (χ1v) is 13.1. The van der Waals surface area contributed by atoms with Gasteiger partial charge in [-0.05, 0) is 83.3 Å². The van der Waals surface area contributed by atoms with Crippen LogP contribution in [0.25, 0.3) is 0 Å². The first-order chi connectivity index (χ1) is 17.1. The minimum atomic E-state index is -1.15. The number of nitrogens with two attached hydrogens (primary N) is 4. The highest BCUT2D eigenvalue weighted by molar-refractivity contribution is 5.94. The van der Waals surface area contributed by atoms with Crippen molar-refractivity contribution in [3.05, 3.63) is 0 Å². The maximum Gasteiger partial charge on any atom is 0.326 e. The summed E-state index contributed by atoms with van der Waals surface area (Å²) in [5.74, 6) is -2.66. The standard InChI is InChI=1S/C24H49N7O5/c1-16(2)15-20(23(34)30-19(24(35)36)11-5-8-14-27)31-22(33)18(10-4-7-13-26)29-21(32)17(28)9-3-6-12-25/h16-20H,3-15,25-28H2,1-2H3,(H,29,32)(H,30,34)(H,31,33)(H,35,36). The second kappa shape index (κ2) is 19.9. The summed E-state index contributed by atoms with van der Waals surface area (Å²) in [6.45, 7) is 5.17. The second-order valence-corrected chi connectivity index (χ2v) is 9.61. The zero-order valence-corrected chi connectivity index (χ0v) is 22.0. The predicted molar refractivity (Wildman–Crippen MR) is 140 cm³/mol. The molecule has 0 fully saturated rings. The Bertz CT molecular complexity index is 663. The molecular formula is C24H49N7O5. The summed E-state index contributed by atoms with van der Waals surface area (Å²) >= 11 is 0. The first-order valence-electron chi connectivity index (χ1n) is 13.1. The highest BCUT2D eigenvalue weighted by Gasteiger charge is 2.30. The van der Waals surface area contributed by atoms with Crippen molar-refractivity contribution < 1.29 is 24.3 Å². The van der Waals surface area contributed by atoms with Gasteiger partial charge in [0.15, 0.2) is 0 Å². The van der Waals surface area contributed by atoms with E-state index in [9.17, 15) is 24.3 Å². The maximum atomic E-state index is 13.2. The van der Waals surface area contributed by atoms with Gasteiger partial charge in [0.25, 0.3) is 0 Å². The summed E-state index contributed by atoms with van der Waals surface area (Å²) in [5.41, 5.74) is 22.5. The number of aliphatic carboxylic acids is 1. The van der Waals surface area contributed by atoms with Crippen LogP contribution in [0.2, 0.25) is 0 Å². The molecule has 0 aliphatic heterocycles. The van der Waals surface area contributed by atoms with Crippen molar-refractivity contribution in [3.63, 3.8) is 0 Å². The molecule has 0 aliphatic carbocycles. The van der Waals surface area contributed by atoms with Gasteiger partial charge < -0.3 is 44.0 Å². The lowest BCUT2D eigenvalue weighted by Gasteiger charge is -2.26. The summed E-state index contributed by atoms with van der Waals surface area (Å²) in [5, 5.41) is 17.5. The summed E-state index contributed by atoms with van der Waals surface area (Å²) in [6.07, 6.45) is 5.21. The number of amides is 3. The van der Waals surface area contributed by atoms with Crippen molar-refractivity contribution in [3.8, 4) is 0 Å². The van der Waals surface area contributed by atoms with Crippen molar-refractivity contribution in [2.24, 2.45) is 28.9 Å². The van der Waals surface area contributed by atoms with E-state index in [1.54, 1.807) is 0 Å². The van der Waals surface area contributed by atoms with Gasteiger partial charge in [-0.3, -0.25) is 14.4 Å². The van der Waals surface area contributed by atoms with Crippen LogP contribution in [0.5, 0.6) is 0 Å². The SMILES string of the molecule is CC(C)CC(NC(=O)C(CCCCN)NC(=O)C(N)CCCCN)C(=O)NC(CCCCN)C(=O)O. The molecule has 4 atom stereocenters. The molecule has 0 aromatic heterocycles. The number of hydrogen-bond acceptors (Lipinski definition) is 8. The molecule has 0 aliphatic rings. The molecule has 0 aromatic rings. The number of carboxylic acid groups (broad SMARTS) is 1. The van der Waals surface area contributed by atoms with Crippen LogP contribution in [0.1, 0.15) is 78.1 Å². The topological polar surface area (TPSA) is 229 Å². The van der Waals surface area contributed by atoms with Gasteiger partial charge >= 0.3 is 5.97 Å². The molecule has 36 heavy (non-hydrogen) atoms. The lowest BCUT2D eigenvalue weighted by molar-refractivity contribution is -0.142. The average Bonchev–Trinajstić information content (AvgIpc) is 2.81. The van der Waals surface area contributed by atoms with E-state index < -0.39 is 47.9 Å². The van der Waals surface area contributed by atoms with Crippen molar-refractivity contribution >= 4 is 23.7 Å². The Labute approximate surface area is 215 Å². The molecule has 0 spiro atoms. The highest BCUT2D eigenvalue weighted by atomic mass is 16.4. The number of carboxylic acids is 1. The van der Waals surface area contributed by atoms with Crippen LogP contribution in [0.3, 0.4) is 0 Å². The van der Waals surface area contributed by atoms with E-state index in [1.165, 1.54) is 0 Å². The quantitative estimate of drug-likeness (QED) is 0.0901. The third-order valence-electron chi connectivity index (χ3n) is 5.79. The number of unbranched alkanes of at least 4 members (excludes halogenated alkanes) is 3. The Hall–Kier alpha value is -2.28. The van der Waals surface area contributed by atoms with E-state index in [1.807, 2.05) is 13.8 Å². The Kier molecular flexibility index (Phi) is 18.6. The summed E-state index contributed by atoms with van der Waals surface area (Å²) in [7, 11) is 0. The van der Waals surface area contributed by atoms with E-state index in [4.69, 9.17) is 22.9 Å². The molecule has 0 heterocycles. The fourth-order valence-corrected chi connectivity index (χ4v) is 3.68. The number of nitrogens with one attached hydrogen (secondary N) is 3. The van der Waals surface area contributed by atoms with Crippen molar-refractivity contribution in [1.29, 1.82) is 0 Å². The molecule has 0 aromatic carbocycles. The van der Waals surface area contributed by atoms with Gasteiger partial charge in [-0.15, -0.1) is 0 Å². The molecule has 12 N–H and O–H groups in total. The predicted octanol–water partition coefficient (Wildman–Crippen LogP) is -0.714. The van der Waals surface area contributed by atoms with Crippen LogP contribution in [-0.4, -0.2) is 72.6 Å². The summed E-state index contributed by atoms with van der Waals surface area (Å²) in [6, 6.07) is -3.71. The number of rotatable bonds is 21. The van der Waals surface area contributed by atoms with Crippen molar-refractivity contribution in [1.82, 2.24) is 16.0 Å². The normalized spacial score (nSPS) is 14.5. The Morgan fingerprint density at radius 1 is 0.639 bits per heavy atom. The monoisotopic (exact) mass is 515 g/mol. The smallest absolute Gasteiger partial charge is 0.326 e. The van der Waals surface area contributed by atoms with E-state index >= 15 is 0 Å². The molecule has 0 saturated carbocycles. The second-order valence-electron chi connectivity index (χ2n) is 9.61. The minimum absolute atomic E-state index is 0.0443. The molecule has 12 nitrogen and oxygen atoms in total. The molecule has 210 valence electrons. The van der Waals surface area contributed by atoms with Gasteiger partial charge in [-0.1, -0.05) is 20.3 Å². The molecule has 0 rings (SSSR count). The fourth-order valence-electron chi connectivity index (χ4n) is 3.68. The third-order valence-corrected chi connectivity index (χ3v) is 5.79. The van der Waals surface area contributed by atoms with E-state index in [0.717, 1.165) is 6.42 Å². The van der Waals surface area contributed by atoms with E-state index in [-0.39, 0.29) is 12.3 Å². The van der Waals surface area contributed by atoms with Gasteiger partial charge in [-0.2, -0.15) is 0 Å². The number of hydrogen-bond donors (Lipinski definition) is 8. The van der Waals surface area contributed by atoms with Crippen LogP contribution >= 0.6 is 0 Å². The summed E-state index contributed by atoms with van der Waals surface area (Å²) < 4.78 is 0. The van der Waals surface area contributed by atoms with E-state index in [0.29, 0.717) is 71.0 Å². The van der Waals surface area contributed by atoms with Gasteiger partial charge in [0.05, 0.1) is 6.04 Å². The van der Waals surface area contributed by atoms with Crippen LogP contribution in [0, 0.1) is 5.92 Å². The lowest BCUT2D eigenvalue weighted by atomic mass is 10.0. The zero-order chi connectivity index (χ0) is 27.5. The van der Waals surface area contributed by atoms with Gasteiger partial charge in [-0.25, -0.2) is 4.79 Å². The molecule has 0 saturated heterocycles. The zero-order valence-electron chi connectivity index (χ0n) is 22.0. The number of carbonyl (C=O) groups is 4. The first kappa shape index (κ1) is 33.7. The van der Waals surface area contributed by atoms with Gasteiger partial charge in [0.1, 0.15) is 18.1 Å². The summed E-state index contributed by atoms with van der Waals surface area (Å²) in [4.78, 5) is 50.4. The Morgan fingerprint density at radius 3 is 1.53 bits per heavy atom. The Balaban J connectivity index is 5.40. The molecule has 3 amide bonds. The van der Waals surface area contributed by atoms with Crippen LogP contribution in [0.15, 0.2) is 0 Å². The molecule has 12 heteroatoms. The molecule has 0 bridgehead atoms. The van der Waals surface area contributed by atoms with Gasteiger partial charge in [0.2, 0.25) is 17.7 Å². The maximum absolute atomic E-state index is 13.2. The van der Waals surface area contributed by atoms with Crippen LogP contribution in [-0.2, 0) is 19.2 Å². The minimum Gasteiger partial charge on any atom is -0.480 e. The molecule has 0 radical (unpaired) electrons. The highest BCUT2D eigenvalue weighted by Crippen LogP contribution is 2.10. The van der Waals surface area contributed by atoms with Crippen LogP contribution in [0.4, 0.5) is 0 Å². The van der Waals surface area contributed by atoms with Gasteiger partial charge in [0, 0.05) is 0 Å². The third kappa shape index (κ3) is 15.0. The molecule has 4 unspecified atom stereocenters. The Morgan fingerprint density at radius 2 is 1.06 bits per heavy atom. The number of carbonyl (C=O) groups excluding carboxylic acids is 3. The molecular weight excluding hydrogens is 466 g/mol. The fraction of sp³-hybridized carbons (Fsp3) is 0.833. The lowest BCUT2D eigenvalue weighted by Crippen LogP contribution is -2.57.